The molecule has 102 valence electrons. The molecule has 1 aromatic carbocycles. The molecule has 1 aliphatic heterocycles. The summed E-state index contributed by atoms with van der Waals surface area (Å²) in [5, 5.41) is 2.55. The van der Waals surface area contributed by atoms with Gasteiger partial charge < -0.3 is 10.2 Å². The third kappa shape index (κ3) is 3.27. The molecule has 6 heteroatoms. The molecular weight excluding hydrogens is 254 g/mol. The van der Waals surface area contributed by atoms with Crippen LogP contribution in [-0.4, -0.2) is 29.3 Å². The van der Waals surface area contributed by atoms with Crippen molar-refractivity contribution in [1.82, 2.24) is 10.2 Å². The molecule has 1 N–H and O–H groups in total. The third-order valence-electron chi connectivity index (χ3n) is 2.96. The lowest BCUT2D eigenvalue weighted by Gasteiger charge is -2.22. The highest BCUT2D eigenvalue weighted by molar-refractivity contribution is 5.89. The van der Waals surface area contributed by atoms with Crippen LogP contribution in [-0.2, 0) is 16.1 Å². The second-order valence-corrected chi connectivity index (χ2v) is 4.58. The van der Waals surface area contributed by atoms with Gasteiger partial charge >= 0.3 is 0 Å². The summed E-state index contributed by atoms with van der Waals surface area (Å²) in [5.41, 5.74) is 0.368. The zero-order valence-electron chi connectivity index (χ0n) is 10.5. The predicted molar refractivity (Wildman–Crippen MR) is 64.0 cm³/mol. The van der Waals surface area contributed by atoms with E-state index in [0.717, 1.165) is 6.07 Å². The van der Waals surface area contributed by atoms with Crippen LogP contribution < -0.4 is 5.32 Å². The number of nitrogens with zero attached hydrogens (tertiary/aromatic N) is 1. The Hall–Kier alpha value is -1.98. The lowest BCUT2D eigenvalue weighted by atomic mass is 10.2. The van der Waals surface area contributed by atoms with Crippen molar-refractivity contribution >= 4 is 11.8 Å². The summed E-state index contributed by atoms with van der Waals surface area (Å²) < 4.78 is 26.2. The van der Waals surface area contributed by atoms with Crippen molar-refractivity contribution in [3.05, 3.63) is 35.4 Å². The van der Waals surface area contributed by atoms with Crippen LogP contribution in [0, 0.1) is 11.6 Å². The second-order valence-electron chi connectivity index (χ2n) is 4.58. The van der Waals surface area contributed by atoms with E-state index in [1.54, 1.807) is 6.92 Å². The fourth-order valence-corrected chi connectivity index (χ4v) is 2.08. The van der Waals surface area contributed by atoms with Crippen LogP contribution in [0.1, 0.15) is 18.9 Å². The molecule has 1 saturated heterocycles. The van der Waals surface area contributed by atoms with Crippen LogP contribution in [0.25, 0.3) is 0 Å². The van der Waals surface area contributed by atoms with Gasteiger partial charge in [-0.1, -0.05) is 0 Å². The van der Waals surface area contributed by atoms with Crippen LogP contribution >= 0.6 is 0 Å². The van der Waals surface area contributed by atoms with E-state index in [2.05, 4.69) is 5.32 Å². The van der Waals surface area contributed by atoms with Gasteiger partial charge in [0.1, 0.15) is 17.7 Å². The molecule has 0 bridgehead atoms. The van der Waals surface area contributed by atoms with E-state index in [4.69, 9.17) is 0 Å². The van der Waals surface area contributed by atoms with Crippen molar-refractivity contribution in [2.45, 2.75) is 25.9 Å². The first-order chi connectivity index (χ1) is 8.95. The molecule has 2 amide bonds. The van der Waals surface area contributed by atoms with Crippen molar-refractivity contribution in [1.29, 1.82) is 0 Å². The molecule has 0 spiro atoms. The number of hydrogen-bond acceptors (Lipinski definition) is 2. The van der Waals surface area contributed by atoms with Crippen LogP contribution in [0.3, 0.4) is 0 Å². The van der Waals surface area contributed by atoms with E-state index >= 15 is 0 Å². The van der Waals surface area contributed by atoms with E-state index in [1.165, 1.54) is 17.0 Å². The summed E-state index contributed by atoms with van der Waals surface area (Å²) in [4.78, 5) is 24.8. The highest BCUT2D eigenvalue weighted by atomic mass is 19.1. The number of amides is 2. The zero-order chi connectivity index (χ0) is 14.0. The largest absolute Gasteiger partial charge is 0.345 e. The van der Waals surface area contributed by atoms with E-state index < -0.39 is 17.7 Å². The van der Waals surface area contributed by atoms with Gasteiger partial charge in [-0.3, -0.25) is 9.59 Å². The first-order valence-electron chi connectivity index (χ1n) is 5.99. The topological polar surface area (TPSA) is 49.4 Å². The molecule has 4 nitrogen and oxygen atoms in total. The number of rotatable bonds is 2. The highest BCUT2D eigenvalue weighted by Crippen LogP contribution is 2.13. The molecule has 1 heterocycles. The summed E-state index contributed by atoms with van der Waals surface area (Å²) in [6.07, 6.45) is 0.188. The first kappa shape index (κ1) is 13.5. The van der Waals surface area contributed by atoms with E-state index in [-0.39, 0.29) is 31.3 Å². The van der Waals surface area contributed by atoms with Crippen molar-refractivity contribution in [2.75, 3.05) is 6.54 Å². The van der Waals surface area contributed by atoms with Crippen molar-refractivity contribution in [3.8, 4) is 0 Å². The monoisotopic (exact) mass is 268 g/mol. The summed E-state index contributed by atoms with van der Waals surface area (Å²) in [7, 11) is 0. The maximum absolute atomic E-state index is 13.1. The standard InChI is InChI=1S/C13H14F2N2O2/c1-8-13(19)17(3-2-12(18)16-8)7-9-4-10(14)6-11(15)5-9/h4-6,8H,2-3,7H2,1H3,(H,16,18). The molecule has 1 fully saturated rings. The molecule has 0 radical (unpaired) electrons. The second kappa shape index (κ2) is 5.34. The maximum atomic E-state index is 13.1. The average molecular weight is 268 g/mol. The van der Waals surface area contributed by atoms with Crippen LogP contribution in [0.5, 0.6) is 0 Å². The van der Waals surface area contributed by atoms with Gasteiger partial charge in [-0.05, 0) is 24.6 Å². The average Bonchev–Trinajstić information content (AvgIpc) is 2.41. The minimum Gasteiger partial charge on any atom is -0.345 e. The minimum atomic E-state index is -0.681. The van der Waals surface area contributed by atoms with E-state index in [0.29, 0.717) is 5.56 Å². The van der Waals surface area contributed by atoms with Gasteiger partial charge in [0.05, 0.1) is 0 Å². The molecule has 1 unspecified atom stereocenters. The van der Waals surface area contributed by atoms with Gasteiger partial charge in [0.2, 0.25) is 11.8 Å². The fourth-order valence-electron chi connectivity index (χ4n) is 2.08. The number of carbonyl (C=O) groups excluding carboxylic acids is 2. The van der Waals surface area contributed by atoms with E-state index in [1.807, 2.05) is 0 Å². The first-order valence-corrected chi connectivity index (χ1v) is 5.99. The third-order valence-corrected chi connectivity index (χ3v) is 2.96. The summed E-state index contributed by atoms with van der Waals surface area (Å²) in [5.74, 6) is -1.82. The van der Waals surface area contributed by atoms with Gasteiger partial charge in [0.15, 0.2) is 0 Å². The van der Waals surface area contributed by atoms with Crippen LogP contribution in [0.2, 0.25) is 0 Å². The van der Waals surface area contributed by atoms with Gasteiger partial charge in [-0.15, -0.1) is 0 Å². The van der Waals surface area contributed by atoms with Crippen LogP contribution in [0.15, 0.2) is 18.2 Å². The molecular formula is C13H14F2N2O2. The molecule has 0 saturated carbocycles. The molecule has 1 aromatic rings. The van der Waals surface area contributed by atoms with Crippen molar-refractivity contribution in [2.24, 2.45) is 0 Å². The van der Waals surface area contributed by atoms with Gasteiger partial charge in [-0.25, -0.2) is 8.78 Å². The normalized spacial score (nSPS) is 20.2. The predicted octanol–water partition coefficient (Wildman–Crippen LogP) is 1.20. The number of nitrogens with one attached hydrogen (secondary N) is 1. The minimum absolute atomic E-state index is 0.0901. The smallest absolute Gasteiger partial charge is 0.245 e. The molecule has 0 aliphatic carbocycles. The molecule has 1 aliphatic rings. The quantitative estimate of drug-likeness (QED) is 0.876. The Morgan fingerprint density at radius 3 is 2.53 bits per heavy atom. The Morgan fingerprint density at radius 2 is 1.89 bits per heavy atom. The summed E-state index contributed by atoms with van der Waals surface area (Å²) in [6, 6.07) is 2.53. The Balaban J connectivity index is 2.16. The van der Waals surface area contributed by atoms with Crippen molar-refractivity contribution < 1.29 is 18.4 Å². The highest BCUT2D eigenvalue weighted by Gasteiger charge is 2.26. The number of carbonyl (C=O) groups is 2. The van der Waals surface area contributed by atoms with Gasteiger partial charge in [-0.2, -0.15) is 0 Å². The molecule has 19 heavy (non-hydrogen) atoms. The molecule has 2 rings (SSSR count). The Bertz CT molecular complexity index is 499. The number of halogens is 2. The Kier molecular flexibility index (Phi) is 3.78. The van der Waals surface area contributed by atoms with Crippen LogP contribution in [0.4, 0.5) is 8.78 Å². The van der Waals surface area contributed by atoms with E-state index in [9.17, 15) is 18.4 Å². The molecule has 0 aromatic heterocycles. The number of hydrogen-bond donors (Lipinski definition) is 1. The number of benzene rings is 1. The van der Waals surface area contributed by atoms with Gasteiger partial charge in [0, 0.05) is 25.6 Å². The maximum Gasteiger partial charge on any atom is 0.245 e. The SMILES string of the molecule is CC1NC(=O)CCN(Cc2cc(F)cc(F)c2)C1=O. The fraction of sp³-hybridized carbons (Fsp3) is 0.385. The van der Waals surface area contributed by atoms with Crippen molar-refractivity contribution in [3.63, 3.8) is 0 Å². The Morgan fingerprint density at radius 1 is 1.26 bits per heavy atom. The summed E-state index contributed by atoms with van der Waals surface area (Å²) in [6.45, 7) is 1.92. The molecule has 1 atom stereocenters. The lowest BCUT2D eigenvalue weighted by Crippen LogP contribution is -2.42. The lowest BCUT2D eigenvalue weighted by molar-refractivity contribution is -0.133. The zero-order valence-corrected chi connectivity index (χ0v) is 10.5. The summed E-state index contributed by atoms with van der Waals surface area (Å²) >= 11 is 0. The van der Waals surface area contributed by atoms with Gasteiger partial charge in [0.25, 0.3) is 0 Å². The Labute approximate surface area is 109 Å².